The molecule has 0 amide bonds. The summed E-state index contributed by atoms with van der Waals surface area (Å²) in [6, 6.07) is 0. The summed E-state index contributed by atoms with van der Waals surface area (Å²) >= 11 is 0. The van der Waals surface area contributed by atoms with Crippen LogP contribution in [0, 0.1) is 0 Å². The molecule has 0 bridgehead atoms. The highest BCUT2D eigenvalue weighted by Gasteiger charge is 2.00. The van der Waals surface area contributed by atoms with Crippen molar-refractivity contribution in [1.29, 1.82) is 0 Å². The van der Waals surface area contributed by atoms with Crippen LogP contribution in [0.4, 0.5) is 0 Å². The Hall–Kier alpha value is -0.860. The first-order valence-electron chi connectivity index (χ1n) is 9.75. The van der Waals surface area contributed by atoms with Gasteiger partial charge in [0.2, 0.25) is 0 Å². The van der Waals surface area contributed by atoms with Crippen LogP contribution >= 0.6 is 0 Å². The Morgan fingerprint density at radius 3 is 1.86 bits per heavy atom. The molecule has 0 saturated carbocycles. The van der Waals surface area contributed by atoms with Gasteiger partial charge in [-0.25, -0.2) is 0 Å². The fourth-order valence-electron chi connectivity index (χ4n) is 1.82. The molecule has 0 N–H and O–H groups in total. The predicted octanol–water partition coefficient (Wildman–Crippen LogP) is 6.67. The van der Waals surface area contributed by atoms with Crippen molar-refractivity contribution < 1.29 is 0 Å². The maximum atomic E-state index is 4.20. The van der Waals surface area contributed by atoms with Gasteiger partial charge in [-0.15, -0.1) is 5.10 Å². The lowest BCUT2D eigenvalue weighted by atomic mass is 10.2. The Kier molecular flexibility index (Phi) is 29.7. The number of hydrogen-bond acceptors (Lipinski definition) is 2. The Morgan fingerprint density at radius 1 is 0.773 bits per heavy atom. The van der Waals surface area contributed by atoms with Crippen molar-refractivity contribution in [2.45, 2.75) is 113 Å². The summed E-state index contributed by atoms with van der Waals surface area (Å²) < 4.78 is 2.00. The lowest BCUT2D eigenvalue weighted by Crippen LogP contribution is -1.98. The minimum atomic E-state index is 1.03. The molecule has 0 fully saturated rings. The summed E-state index contributed by atoms with van der Waals surface area (Å²) in [5, 5.41) is 8.36. The van der Waals surface area contributed by atoms with Crippen LogP contribution in [-0.2, 0) is 13.0 Å². The lowest BCUT2D eigenvalue weighted by molar-refractivity contribution is 0.527. The number of unbranched alkanes of at least 4 members (excludes halogenated alkanes) is 5. The Bertz CT molecular complexity index is 269. The molecule has 1 aromatic heterocycles. The second-order valence-corrected chi connectivity index (χ2v) is 4.49. The quantitative estimate of drug-likeness (QED) is 0.477. The van der Waals surface area contributed by atoms with Gasteiger partial charge in [-0.3, -0.25) is 4.68 Å². The maximum absolute atomic E-state index is 4.20. The molecule has 0 aliphatic carbocycles. The number of rotatable bonds is 9. The van der Waals surface area contributed by atoms with Crippen LogP contribution in [-0.4, -0.2) is 15.0 Å². The number of nitrogens with zero attached hydrogens (tertiary/aromatic N) is 3. The number of aryl methyl sites for hydroxylation is 2. The molecule has 0 aliphatic heterocycles. The standard InChI is InChI=1S/C13H25N3.3C2H6/c1-3-5-7-9-11-16-12-13(14-15-16)10-8-6-4-2;3*1-2/h12H,3-11H2,1-2H3;3*1-2H3. The van der Waals surface area contributed by atoms with Gasteiger partial charge in [-0.2, -0.15) is 0 Å². The summed E-state index contributed by atoms with van der Waals surface area (Å²) in [5.41, 5.74) is 1.16. The highest BCUT2D eigenvalue weighted by Crippen LogP contribution is 2.05. The van der Waals surface area contributed by atoms with Gasteiger partial charge in [-0.1, -0.05) is 92.7 Å². The van der Waals surface area contributed by atoms with Gasteiger partial charge in [0.25, 0.3) is 0 Å². The van der Waals surface area contributed by atoms with E-state index >= 15 is 0 Å². The molecule has 134 valence electrons. The smallest absolute Gasteiger partial charge is 0.0827 e. The van der Waals surface area contributed by atoms with Crippen LogP contribution in [0.3, 0.4) is 0 Å². The van der Waals surface area contributed by atoms with Gasteiger partial charge in [-0.05, 0) is 19.3 Å². The van der Waals surface area contributed by atoms with Gasteiger partial charge in [0.05, 0.1) is 5.69 Å². The second-order valence-electron chi connectivity index (χ2n) is 4.49. The van der Waals surface area contributed by atoms with Crippen molar-refractivity contribution in [2.24, 2.45) is 0 Å². The molecule has 0 spiro atoms. The Morgan fingerprint density at radius 2 is 1.32 bits per heavy atom. The fourth-order valence-corrected chi connectivity index (χ4v) is 1.82. The lowest BCUT2D eigenvalue weighted by Gasteiger charge is -1.98. The first kappa shape index (κ1) is 26.1. The minimum absolute atomic E-state index is 1.03. The molecule has 0 atom stereocenters. The van der Waals surface area contributed by atoms with E-state index in [9.17, 15) is 0 Å². The molecule has 3 nitrogen and oxygen atoms in total. The average molecular weight is 314 g/mol. The van der Waals surface area contributed by atoms with Crippen LogP contribution in [0.2, 0.25) is 0 Å². The van der Waals surface area contributed by atoms with Crippen molar-refractivity contribution in [1.82, 2.24) is 15.0 Å². The van der Waals surface area contributed by atoms with E-state index < -0.39 is 0 Å². The zero-order valence-electron chi connectivity index (χ0n) is 16.8. The molecule has 3 heteroatoms. The van der Waals surface area contributed by atoms with Crippen LogP contribution in [0.1, 0.15) is 106 Å². The van der Waals surface area contributed by atoms with Crippen LogP contribution in [0.5, 0.6) is 0 Å². The molecule has 1 rings (SSSR count). The SMILES string of the molecule is CC.CC.CC.CCCCCCn1cc(CCCCC)nn1. The average Bonchev–Trinajstić information content (AvgIpc) is 3.05. The van der Waals surface area contributed by atoms with Gasteiger partial charge >= 0.3 is 0 Å². The van der Waals surface area contributed by atoms with Crippen LogP contribution in [0.15, 0.2) is 6.20 Å². The third kappa shape index (κ3) is 17.2. The largest absolute Gasteiger partial charge is 0.252 e. The Balaban J connectivity index is -0.000000535. The van der Waals surface area contributed by atoms with Gasteiger partial charge in [0.15, 0.2) is 0 Å². The topological polar surface area (TPSA) is 30.7 Å². The van der Waals surface area contributed by atoms with Crippen molar-refractivity contribution in [2.75, 3.05) is 0 Å². The highest BCUT2D eigenvalue weighted by molar-refractivity contribution is 4.91. The predicted molar refractivity (Wildman–Crippen MR) is 101 cm³/mol. The monoisotopic (exact) mass is 313 g/mol. The minimum Gasteiger partial charge on any atom is -0.252 e. The summed E-state index contributed by atoms with van der Waals surface area (Å²) in [6.07, 6.45) is 12.2. The van der Waals surface area contributed by atoms with Crippen molar-refractivity contribution in [3.8, 4) is 0 Å². The van der Waals surface area contributed by atoms with Gasteiger partial charge in [0.1, 0.15) is 0 Å². The maximum Gasteiger partial charge on any atom is 0.0827 e. The summed E-state index contributed by atoms with van der Waals surface area (Å²) in [5.74, 6) is 0. The molecule has 0 saturated heterocycles. The molecule has 1 aromatic rings. The van der Waals surface area contributed by atoms with E-state index in [2.05, 4.69) is 30.4 Å². The van der Waals surface area contributed by atoms with E-state index in [1.54, 1.807) is 0 Å². The first-order chi connectivity index (χ1) is 10.9. The molecule has 0 unspecified atom stereocenters. The molecule has 0 aromatic carbocycles. The summed E-state index contributed by atoms with van der Waals surface area (Å²) in [4.78, 5) is 0. The third-order valence-electron chi connectivity index (χ3n) is 2.86. The molecule has 22 heavy (non-hydrogen) atoms. The molecular weight excluding hydrogens is 270 g/mol. The first-order valence-corrected chi connectivity index (χ1v) is 9.75. The Labute approximate surface area is 140 Å². The van der Waals surface area contributed by atoms with E-state index in [0.717, 1.165) is 18.7 Å². The van der Waals surface area contributed by atoms with Gasteiger partial charge in [0, 0.05) is 12.7 Å². The highest BCUT2D eigenvalue weighted by atomic mass is 15.4. The molecule has 0 radical (unpaired) electrons. The van der Waals surface area contributed by atoms with Crippen LogP contribution < -0.4 is 0 Å². The summed E-state index contributed by atoms with van der Waals surface area (Å²) in [7, 11) is 0. The van der Waals surface area contributed by atoms with E-state index in [1.165, 1.54) is 44.9 Å². The second kappa shape index (κ2) is 25.1. The van der Waals surface area contributed by atoms with Crippen molar-refractivity contribution >= 4 is 0 Å². The molecular formula is C19H43N3. The number of aromatic nitrogens is 3. The normalized spacial score (nSPS) is 8.73. The number of hydrogen-bond donors (Lipinski definition) is 0. The zero-order chi connectivity index (χ0) is 17.6. The fraction of sp³-hybridized carbons (Fsp3) is 0.895. The van der Waals surface area contributed by atoms with Gasteiger partial charge < -0.3 is 0 Å². The van der Waals surface area contributed by atoms with E-state index in [4.69, 9.17) is 0 Å². The van der Waals surface area contributed by atoms with Crippen molar-refractivity contribution in [3.63, 3.8) is 0 Å². The van der Waals surface area contributed by atoms with E-state index in [0.29, 0.717) is 0 Å². The molecule has 0 aliphatic rings. The van der Waals surface area contributed by atoms with Crippen LogP contribution in [0.25, 0.3) is 0 Å². The van der Waals surface area contributed by atoms with Crippen molar-refractivity contribution in [3.05, 3.63) is 11.9 Å². The summed E-state index contributed by atoms with van der Waals surface area (Å²) in [6.45, 7) is 17.5. The zero-order valence-corrected chi connectivity index (χ0v) is 16.8. The molecule has 1 heterocycles. The third-order valence-corrected chi connectivity index (χ3v) is 2.86. The van der Waals surface area contributed by atoms with E-state index in [1.807, 2.05) is 46.2 Å². The van der Waals surface area contributed by atoms with E-state index in [-0.39, 0.29) is 0 Å².